The van der Waals surface area contributed by atoms with E-state index in [4.69, 9.17) is 9.15 Å². The maximum absolute atomic E-state index is 13.7. The summed E-state index contributed by atoms with van der Waals surface area (Å²) in [4.78, 5) is 24.9. The van der Waals surface area contributed by atoms with Gasteiger partial charge >= 0.3 is 5.97 Å². The van der Waals surface area contributed by atoms with Crippen LogP contribution < -0.4 is 5.48 Å². The van der Waals surface area contributed by atoms with E-state index in [1.54, 1.807) is 43.6 Å². The van der Waals surface area contributed by atoms with Crippen molar-refractivity contribution >= 4 is 55.6 Å². The lowest BCUT2D eigenvalue weighted by molar-refractivity contribution is -0.144. The Morgan fingerprint density at radius 1 is 1.05 bits per heavy atom. The number of nitrogens with zero attached hydrogens (tertiary/aromatic N) is 1. The van der Waals surface area contributed by atoms with Gasteiger partial charge in [-0.15, -0.1) is 0 Å². The minimum absolute atomic E-state index is 0.0182. The van der Waals surface area contributed by atoms with Gasteiger partial charge < -0.3 is 9.15 Å². The Balaban J connectivity index is 1.41. The molecule has 2 heterocycles. The Bertz CT molecular complexity index is 1650. The van der Waals surface area contributed by atoms with E-state index in [9.17, 15) is 23.2 Å². The summed E-state index contributed by atoms with van der Waals surface area (Å²) in [6, 6.07) is 18.2. The zero-order valence-electron chi connectivity index (χ0n) is 21.4. The number of furan rings is 1. The van der Waals surface area contributed by atoms with Crippen LogP contribution in [0.3, 0.4) is 0 Å². The molecule has 1 aliphatic rings. The number of rotatable bonds is 7. The van der Waals surface area contributed by atoms with Crippen molar-refractivity contribution in [3.63, 3.8) is 0 Å². The molecule has 1 saturated heterocycles. The highest BCUT2D eigenvalue weighted by Gasteiger charge is 2.48. The molecule has 0 saturated carbocycles. The lowest BCUT2D eigenvalue weighted by atomic mass is 10.0. The molecule has 1 aromatic heterocycles. The number of fused-ring (bicyclic) bond motifs is 3. The molecule has 0 spiro atoms. The first-order valence-electron chi connectivity index (χ1n) is 12.3. The molecule has 4 aromatic rings. The number of benzene rings is 3. The summed E-state index contributed by atoms with van der Waals surface area (Å²) in [5.74, 6) is -0.637. The van der Waals surface area contributed by atoms with Crippen LogP contribution in [0.4, 0.5) is 0 Å². The van der Waals surface area contributed by atoms with Crippen LogP contribution >= 0.6 is 11.8 Å². The molecule has 39 heavy (non-hydrogen) atoms. The molecule has 2 N–H and O–H groups in total. The fourth-order valence-electron chi connectivity index (χ4n) is 4.88. The number of carbonyl (C=O) groups is 2. The normalized spacial score (nSPS) is 17.8. The number of hydrogen-bond donors (Lipinski definition) is 2. The molecule has 5 rings (SSSR count). The molecule has 3 aromatic carbocycles. The van der Waals surface area contributed by atoms with E-state index >= 15 is 0 Å². The quantitative estimate of drug-likeness (QED) is 0.192. The first kappa shape index (κ1) is 27.2. The highest BCUT2D eigenvalue weighted by molar-refractivity contribution is 8.01. The first-order valence-corrected chi connectivity index (χ1v) is 14.8. The largest absolute Gasteiger partial charge is 0.461 e. The van der Waals surface area contributed by atoms with Gasteiger partial charge in [0.25, 0.3) is 5.91 Å². The number of thioether (sulfide) groups is 1. The van der Waals surface area contributed by atoms with Gasteiger partial charge in [-0.3, -0.25) is 14.8 Å². The van der Waals surface area contributed by atoms with E-state index in [0.717, 1.165) is 9.87 Å². The minimum Gasteiger partial charge on any atom is -0.461 e. The van der Waals surface area contributed by atoms with E-state index in [-0.39, 0.29) is 30.4 Å². The monoisotopic (exact) mass is 568 g/mol. The van der Waals surface area contributed by atoms with E-state index in [1.165, 1.54) is 23.9 Å². The van der Waals surface area contributed by atoms with Crippen molar-refractivity contribution in [3.8, 4) is 0 Å². The molecule has 1 atom stereocenters. The molecule has 0 bridgehead atoms. The van der Waals surface area contributed by atoms with Crippen LogP contribution in [0.2, 0.25) is 0 Å². The molecule has 11 heteroatoms. The summed E-state index contributed by atoms with van der Waals surface area (Å²) in [6.07, 6.45) is 0.0660. The molecule has 9 nitrogen and oxygen atoms in total. The minimum atomic E-state index is -4.08. The van der Waals surface area contributed by atoms with Crippen LogP contribution in [-0.2, 0) is 37.4 Å². The van der Waals surface area contributed by atoms with Gasteiger partial charge in [0.2, 0.25) is 10.0 Å². The fraction of sp³-hybridized carbons (Fsp3) is 0.286. The molecule has 204 valence electrons. The average Bonchev–Trinajstić information content (AvgIpc) is 3.28. The number of hydrogen-bond acceptors (Lipinski definition) is 8. The number of ether oxygens (including phenoxy) is 1. The molecule has 1 amide bonds. The molecule has 0 aliphatic carbocycles. The zero-order valence-corrected chi connectivity index (χ0v) is 23.1. The van der Waals surface area contributed by atoms with Crippen LogP contribution in [0.25, 0.3) is 21.9 Å². The van der Waals surface area contributed by atoms with E-state index in [1.807, 2.05) is 30.3 Å². The van der Waals surface area contributed by atoms with Gasteiger partial charge in [0.15, 0.2) is 0 Å². The topological polar surface area (TPSA) is 126 Å². The fourth-order valence-corrected chi connectivity index (χ4v) is 8.02. The lowest BCUT2D eigenvalue weighted by Gasteiger charge is -2.43. The number of sulfonamides is 1. The summed E-state index contributed by atoms with van der Waals surface area (Å²) < 4.78 is 39.2. The predicted molar refractivity (Wildman–Crippen MR) is 148 cm³/mol. The number of amides is 1. The highest BCUT2D eigenvalue weighted by atomic mass is 32.2. The predicted octanol–water partition coefficient (Wildman–Crippen LogP) is 4.26. The molecule has 1 fully saturated rings. The molecular formula is C28H28N2O7S2. The second-order valence-corrected chi connectivity index (χ2v) is 13.5. The molecule has 0 radical (unpaired) electrons. The Kier molecular flexibility index (Phi) is 7.43. The van der Waals surface area contributed by atoms with Crippen LogP contribution in [0.1, 0.15) is 25.0 Å². The molecule has 1 unspecified atom stereocenters. The summed E-state index contributed by atoms with van der Waals surface area (Å²) >= 11 is 1.47. The summed E-state index contributed by atoms with van der Waals surface area (Å²) in [5, 5.41) is 10.6. The maximum atomic E-state index is 13.7. The van der Waals surface area contributed by atoms with Gasteiger partial charge in [0, 0.05) is 27.8 Å². The molecule has 1 aliphatic heterocycles. The van der Waals surface area contributed by atoms with E-state index < -0.39 is 26.7 Å². The SMILES string of the molecule is CC1(C)SCCN(S(=O)(=O)c2ccc3oc4cc(CC(=O)OCc5ccccc5)ccc4c3c2)C1C(=O)NO. The van der Waals surface area contributed by atoms with Crippen molar-refractivity contribution in [2.45, 2.75) is 42.6 Å². The van der Waals surface area contributed by atoms with Crippen LogP contribution in [0.15, 0.2) is 76.0 Å². The van der Waals surface area contributed by atoms with Gasteiger partial charge in [0.05, 0.1) is 11.3 Å². The Hall–Kier alpha value is -3.38. The third kappa shape index (κ3) is 5.40. The zero-order chi connectivity index (χ0) is 27.8. The van der Waals surface area contributed by atoms with E-state index in [0.29, 0.717) is 33.3 Å². The van der Waals surface area contributed by atoms with Crippen molar-refractivity contribution < 1.29 is 32.4 Å². The standard InChI is InChI=1S/C28H28N2O7S2/c1-28(2)26(27(32)29-33)30(12-13-38-28)39(34,35)20-9-11-23-22(16-20)21-10-8-19(14-24(21)37-23)15-25(31)36-17-18-6-4-3-5-7-18/h3-11,14,16,26,33H,12-13,15,17H2,1-2H3,(H,29,32). The van der Waals surface area contributed by atoms with Crippen molar-refractivity contribution in [1.82, 2.24) is 9.79 Å². The summed E-state index contributed by atoms with van der Waals surface area (Å²) in [6.45, 7) is 3.88. The Labute approximate surface area is 230 Å². The van der Waals surface area contributed by atoms with Gasteiger partial charge in [-0.2, -0.15) is 16.1 Å². The van der Waals surface area contributed by atoms with Crippen molar-refractivity contribution in [1.29, 1.82) is 0 Å². The summed E-state index contributed by atoms with van der Waals surface area (Å²) in [7, 11) is -4.08. The molecular weight excluding hydrogens is 540 g/mol. The Morgan fingerprint density at radius 2 is 1.82 bits per heavy atom. The second-order valence-electron chi connectivity index (χ2n) is 9.86. The summed E-state index contributed by atoms with van der Waals surface area (Å²) in [5.41, 5.74) is 4.24. The number of carbonyl (C=O) groups excluding carboxylic acids is 2. The number of esters is 1. The third-order valence-corrected chi connectivity index (χ3v) is 10.0. The van der Waals surface area contributed by atoms with Crippen LogP contribution in [0.5, 0.6) is 0 Å². The van der Waals surface area contributed by atoms with Crippen LogP contribution in [-0.4, -0.2) is 52.9 Å². The van der Waals surface area contributed by atoms with Crippen molar-refractivity contribution in [2.24, 2.45) is 0 Å². The number of hydroxylamine groups is 1. The third-order valence-electron chi connectivity index (χ3n) is 6.80. The Morgan fingerprint density at radius 3 is 2.56 bits per heavy atom. The maximum Gasteiger partial charge on any atom is 0.310 e. The lowest BCUT2D eigenvalue weighted by Crippen LogP contribution is -2.61. The van der Waals surface area contributed by atoms with Crippen molar-refractivity contribution in [3.05, 3.63) is 77.9 Å². The smallest absolute Gasteiger partial charge is 0.310 e. The van der Waals surface area contributed by atoms with E-state index in [2.05, 4.69) is 0 Å². The highest BCUT2D eigenvalue weighted by Crippen LogP contribution is 2.39. The van der Waals surface area contributed by atoms with Gasteiger partial charge in [0.1, 0.15) is 23.8 Å². The van der Waals surface area contributed by atoms with Gasteiger partial charge in [-0.05, 0) is 49.2 Å². The van der Waals surface area contributed by atoms with Crippen molar-refractivity contribution in [2.75, 3.05) is 12.3 Å². The van der Waals surface area contributed by atoms with Crippen LogP contribution in [0, 0.1) is 0 Å². The van der Waals surface area contributed by atoms with Gasteiger partial charge in [-0.25, -0.2) is 13.9 Å². The number of nitrogens with one attached hydrogen (secondary N) is 1. The average molecular weight is 569 g/mol. The second kappa shape index (κ2) is 10.6. The first-order chi connectivity index (χ1) is 18.6. The van der Waals surface area contributed by atoms with Gasteiger partial charge in [-0.1, -0.05) is 42.5 Å².